The quantitative estimate of drug-likeness (QED) is 0.812. The summed E-state index contributed by atoms with van der Waals surface area (Å²) in [7, 11) is 0. The Labute approximate surface area is 154 Å². The van der Waals surface area contributed by atoms with Gasteiger partial charge in [0, 0.05) is 6.54 Å². The molecule has 0 aliphatic carbocycles. The molecule has 1 unspecified atom stereocenters. The maximum Gasteiger partial charge on any atom is 0.119 e. The molecule has 1 saturated heterocycles. The lowest BCUT2D eigenvalue weighted by Gasteiger charge is -2.34. The number of benzene rings is 1. The van der Waals surface area contributed by atoms with Crippen molar-refractivity contribution in [3.63, 3.8) is 0 Å². The number of morpholine rings is 1. The standard InChI is InChI=1S/C19H28N4O3/c1-18(2,3)15-5-4-6-16(11-15)26-10-8-23-12-17(21-22-23)19(13-24)14-25-9-7-20-19/h4-6,11-12,20,24H,7-10,13-14H2,1-3H3. The highest BCUT2D eigenvalue weighted by molar-refractivity contribution is 5.32. The molecule has 3 rings (SSSR count). The Morgan fingerprint density at radius 2 is 2.23 bits per heavy atom. The smallest absolute Gasteiger partial charge is 0.119 e. The lowest BCUT2D eigenvalue weighted by atomic mass is 9.87. The molecule has 2 heterocycles. The summed E-state index contributed by atoms with van der Waals surface area (Å²) in [6.07, 6.45) is 1.84. The molecule has 1 aliphatic rings. The minimum atomic E-state index is -0.668. The summed E-state index contributed by atoms with van der Waals surface area (Å²) < 4.78 is 13.1. The maximum atomic E-state index is 9.78. The Morgan fingerprint density at radius 1 is 1.38 bits per heavy atom. The molecule has 1 aliphatic heterocycles. The molecule has 0 saturated carbocycles. The number of aromatic nitrogens is 3. The van der Waals surface area contributed by atoms with Crippen LogP contribution in [0.1, 0.15) is 32.0 Å². The Morgan fingerprint density at radius 3 is 2.92 bits per heavy atom. The van der Waals surface area contributed by atoms with Crippen molar-refractivity contribution < 1.29 is 14.6 Å². The highest BCUT2D eigenvalue weighted by atomic mass is 16.5. The van der Waals surface area contributed by atoms with Crippen LogP contribution in [0, 0.1) is 0 Å². The number of ether oxygens (including phenoxy) is 2. The van der Waals surface area contributed by atoms with Gasteiger partial charge in [0.25, 0.3) is 0 Å². The van der Waals surface area contributed by atoms with Gasteiger partial charge in [-0.25, -0.2) is 4.68 Å². The summed E-state index contributed by atoms with van der Waals surface area (Å²) in [5.41, 5.74) is 1.35. The van der Waals surface area contributed by atoms with Crippen LogP contribution in [0.2, 0.25) is 0 Å². The van der Waals surface area contributed by atoms with E-state index in [4.69, 9.17) is 9.47 Å². The summed E-state index contributed by atoms with van der Waals surface area (Å²) in [5.74, 6) is 0.854. The molecule has 1 atom stereocenters. The SMILES string of the molecule is CC(C)(C)c1cccc(OCCn2cc(C3(CO)COCCN3)nn2)c1. The van der Waals surface area contributed by atoms with E-state index in [1.54, 1.807) is 4.68 Å². The van der Waals surface area contributed by atoms with Gasteiger partial charge < -0.3 is 14.6 Å². The lowest BCUT2D eigenvalue weighted by Crippen LogP contribution is -2.54. The summed E-state index contributed by atoms with van der Waals surface area (Å²) >= 11 is 0. The molecule has 0 spiro atoms. The number of rotatable bonds is 6. The van der Waals surface area contributed by atoms with Crippen LogP contribution in [0.5, 0.6) is 5.75 Å². The van der Waals surface area contributed by atoms with Crippen LogP contribution in [0.3, 0.4) is 0 Å². The van der Waals surface area contributed by atoms with E-state index in [2.05, 4.69) is 48.5 Å². The van der Waals surface area contributed by atoms with E-state index in [1.807, 2.05) is 18.3 Å². The number of nitrogens with one attached hydrogen (secondary N) is 1. The van der Waals surface area contributed by atoms with Gasteiger partial charge in [0.15, 0.2) is 0 Å². The number of aliphatic hydroxyl groups is 1. The van der Waals surface area contributed by atoms with Gasteiger partial charge in [0.05, 0.1) is 32.6 Å². The molecule has 142 valence electrons. The zero-order valence-electron chi connectivity index (χ0n) is 15.7. The van der Waals surface area contributed by atoms with Crippen molar-refractivity contribution in [1.82, 2.24) is 20.3 Å². The predicted molar refractivity (Wildman–Crippen MR) is 98.2 cm³/mol. The zero-order chi connectivity index (χ0) is 18.6. The van der Waals surface area contributed by atoms with Crippen LogP contribution in [-0.4, -0.2) is 53.1 Å². The summed E-state index contributed by atoms with van der Waals surface area (Å²) in [6, 6.07) is 8.18. The van der Waals surface area contributed by atoms with Gasteiger partial charge in [0.1, 0.15) is 23.6 Å². The van der Waals surface area contributed by atoms with E-state index in [-0.39, 0.29) is 12.0 Å². The van der Waals surface area contributed by atoms with Crippen LogP contribution < -0.4 is 10.1 Å². The van der Waals surface area contributed by atoms with E-state index in [1.165, 1.54) is 5.56 Å². The van der Waals surface area contributed by atoms with Crippen molar-refractivity contribution in [1.29, 1.82) is 0 Å². The van der Waals surface area contributed by atoms with Crippen LogP contribution in [-0.2, 0) is 22.2 Å². The van der Waals surface area contributed by atoms with Crippen LogP contribution >= 0.6 is 0 Å². The van der Waals surface area contributed by atoms with Gasteiger partial charge in [0.2, 0.25) is 0 Å². The van der Waals surface area contributed by atoms with E-state index in [0.29, 0.717) is 38.6 Å². The molecule has 1 aromatic heterocycles. The molecule has 26 heavy (non-hydrogen) atoms. The third-order valence-electron chi connectivity index (χ3n) is 4.65. The third-order valence-corrected chi connectivity index (χ3v) is 4.65. The number of hydrogen-bond donors (Lipinski definition) is 2. The average molecular weight is 360 g/mol. The molecule has 0 bridgehead atoms. The topological polar surface area (TPSA) is 81.4 Å². The van der Waals surface area contributed by atoms with Crippen molar-refractivity contribution in [3.8, 4) is 5.75 Å². The molecular weight excluding hydrogens is 332 g/mol. The fraction of sp³-hybridized carbons (Fsp3) is 0.579. The molecule has 7 nitrogen and oxygen atoms in total. The van der Waals surface area contributed by atoms with E-state index in [0.717, 1.165) is 5.75 Å². The van der Waals surface area contributed by atoms with Gasteiger partial charge >= 0.3 is 0 Å². The van der Waals surface area contributed by atoms with Crippen molar-refractivity contribution in [2.75, 3.05) is 33.0 Å². The van der Waals surface area contributed by atoms with Crippen LogP contribution in [0.4, 0.5) is 0 Å². The second kappa shape index (κ2) is 7.73. The van der Waals surface area contributed by atoms with Gasteiger partial charge in [-0.1, -0.05) is 38.1 Å². The molecule has 0 amide bonds. The highest BCUT2D eigenvalue weighted by Gasteiger charge is 2.36. The molecule has 2 N–H and O–H groups in total. The first kappa shape index (κ1) is 18.8. The first-order chi connectivity index (χ1) is 12.4. The van der Waals surface area contributed by atoms with Gasteiger partial charge in [-0.2, -0.15) is 0 Å². The van der Waals surface area contributed by atoms with Gasteiger partial charge in [-0.15, -0.1) is 5.10 Å². The van der Waals surface area contributed by atoms with Gasteiger partial charge in [-0.05, 0) is 23.1 Å². The van der Waals surface area contributed by atoms with E-state index < -0.39 is 5.54 Å². The zero-order valence-corrected chi connectivity index (χ0v) is 15.7. The van der Waals surface area contributed by atoms with Gasteiger partial charge in [-0.3, -0.25) is 5.32 Å². The molecule has 7 heteroatoms. The minimum absolute atomic E-state index is 0.0816. The second-order valence-corrected chi connectivity index (χ2v) is 7.71. The lowest BCUT2D eigenvalue weighted by molar-refractivity contribution is -0.00543. The fourth-order valence-corrected chi connectivity index (χ4v) is 2.94. The third kappa shape index (κ3) is 4.23. The number of nitrogens with zero attached hydrogens (tertiary/aromatic N) is 3. The van der Waals surface area contributed by atoms with Crippen molar-refractivity contribution in [2.24, 2.45) is 0 Å². The Kier molecular flexibility index (Phi) is 5.60. The van der Waals surface area contributed by atoms with E-state index in [9.17, 15) is 5.11 Å². The average Bonchev–Trinajstić information content (AvgIpc) is 3.11. The van der Waals surface area contributed by atoms with Crippen LogP contribution in [0.15, 0.2) is 30.5 Å². The molecule has 1 aromatic carbocycles. The minimum Gasteiger partial charge on any atom is -0.492 e. The van der Waals surface area contributed by atoms with Crippen molar-refractivity contribution in [3.05, 3.63) is 41.7 Å². The first-order valence-electron chi connectivity index (χ1n) is 9.01. The number of hydrogen-bond acceptors (Lipinski definition) is 6. The van der Waals surface area contributed by atoms with Crippen molar-refractivity contribution >= 4 is 0 Å². The Hall–Kier alpha value is -1.96. The summed E-state index contributed by atoms with van der Waals surface area (Å²) in [5, 5.41) is 21.4. The summed E-state index contributed by atoms with van der Waals surface area (Å²) in [6.45, 7) is 9.24. The Balaban J connectivity index is 1.59. The Bertz CT molecular complexity index is 718. The van der Waals surface area contributed by atoms with E-state index >= 15 is 0 Å². The first-order valence-corrected chi connectivity index (χ1v) is 9.01. The summed E-state index contributed by atoms with van der Waals surface area (Å²) in [4.78, 5) is 0. The molecular formula is C19H28N4O3. The highest BCUT2D eigenvalue weighted by Crippen LogP contribution is 2.25. The number of aliphatic hydroxyl groups excluding tert-OH is 1. The fourth-order valence-electron chi connectivity index (χ4n) is 2.94. The maximum absolute atomic E-state index is 9.78. The second-order valence-electron chi connectivity index (χ2n) is 7.71. The largest absolute Gasteiger partial charge is 0.492 e. The normalized spacial score (nSPS) is 20.9. The molecule has 0 radical (unpaired) electrons. The predicted octanol–water partition coefficient (Wildman–Crippen LogP) is 1.46. The molecule has 2 aromatic rings. The monoisotopic (exact) mass is 360 g/mol. The molecule has 1 fully saturated rings. The van der Waals surface area contributed by atoms with Crippen LogP contribution in [0.25, 0.3) is 0 Å². The van der Waals surface area contributed by atoms with Crippen molar-refractivity contribution in [2.45, 2.75) is 38.3 Å².